The standard InChI is InChI=1S/C21H15F2N3O3S/c1-13-24-19-5-3-2-4-17(19)21(27)26(13)15-8-11-18(23)20(12-15)25-30(28,29)16-9-6-14(22)7-10-16/h2-12,25H,1H3. The number of para-hydroxylation sites is 1. The number of nitrogens with one attached hydrogen (secondary N) is 1. The SMILES string of the molecule is Cc1nc2ccccc2c(=O)n1-c1ccc(F)c(NS(=O)(=O)c2ccc(F)cc2)c1. The van der Waals surface area contributed by atoms with Crippen molar-refractivity contribution in [2.75, 3.05) is 4.72 Å². The molecule has 0 fully saturated rings. The number of fused-ring (bicyclic) bond motifs is 1. The Morgan fingerprint density at radius 1 is 0.967 bits per heavy atom. The van der Waals surface area contributed by atoms with E-state index in [9.17, 15) is 22.0 Å². The first-order valence-electron chi connectivity index (χ1n) is 8.83. The molecule has 0 saturated carbocycles. The zero-order valence-corrected chi connectivity index (χ0v) is 16.5. The summed E-state index contributed by atoms with van der Waals surface area (Å²) in [6, 6.07) is 14.6. The molecule has 0 aliphatic rings. The van der Waals surface area contributed by atoms with Crippen molar-refractivity contribution in [3.8, 4) is 5.69 Å². The fourth-order valence-corrected chi connectivity index (χ4v) is 4.15. The van der Waals surface area contributed by atoms with Crippen molar-refractivity contribution in [2.24, 2.45) is 0 Å². The third-order valence-electron chi connectivity index (χ3n) is 4.52. The van der Waals surface area contributed by atoms with Gasteiger partial charge in [-0.15, -0.1) is 0 Å². The summed E-state index contributed by atoms with van der Waals surface area (Å²) in [7, 11) is -4.17. The molecule has 0 saturated heterocycles. The van der Waals surface area contributed by atoms with Gasteiger partial charge in [0.15, 0.2) is 0 Å². The summed E-state index contributed by atoms with van der Waals surface area (Å²) in [6.07, 6.45) is 0. The highest BCUT2D eigenvalue weighted by Gasteiger charge is 2.18. The van der Waals surface area contributed by atoms with Crippen molar-refractivity contribution in [2.45, 2.75) is 11.8 Å². The first-order chi connectivity index (χ1) is 14.3. The van der Waals surface area contributed by atoms with Gasteiger partial charge in [0.25, 0.3) is 15.6 Å². The van der Waals surface area contributed by atoms with Crippen LogP contribution in [-0.4, -0.2) is 18.0 Å². The van der Waals surface area contributed by atoms with Gasteiger partial charge in [0.1, 0.15) is 17.5 Å². The Morgan fingerprint density at radius 3 is 2.40 bits per heavy atom. The van der Waals surface area contributed by atoms with Gasteiger partial charge in [-0.1, -0.05) is 12.1 Å². The fraction of sp³-hybridized carbons (Fsp3) is 0.0476. The number of rotatable bonds is 4. The van der Waals surface area contributed by atoms with Crippen LogP contribution in [0.3, 0.4) is 0 Å². The van der Waals surface area contributed by atoms with E-state index < -0.39 is 21.7 Å². The highest BCUT2D eigenvalue weighted by Crippen LogP contribution is 2.23. The summed E-state index contributed by atoms with van der Waals surface area (Å²) in [6.45, 7) is 1.62. The molecule has 0 spiro atoms. The predicted octanol–water partition coefficient (Wildman–Crippen LogP) is 3.77. The van der Waals surface area contributed by atoms with E-state index in [2.05, 4.69) is 9.71 Å². The third-order valence-corrected chi connectivity index (χ3v) is 5.90. The lowest BCUT2D eigenvalue weighted by Crippen LogP contribution is -2.22. The van der Waals surface area contributed by atoms with Crippen LogP contribution in [0, 0.1) is 18.6 Å². The average Bonchev–Trinajstić information content (AvgIpc) is 2.70. The van der Waals surface area contributed by atoms with Crippen LogP contribution in [0.4, 0.5) is 14.5 Å². The van der Waals surface area contributed by atoms with Gasteiger partial charge in [0.05, 0.1) is 27.2 Å². The number of sulfonamides is 1. The van der Waals surface area contributed by atoms with E-state index in [0.717, 1.165) is 30.3 Å². The minimum Gasteiger partial charge on any atom is -0.277 e. The van der Waals surface area contributed by atoms with Crippen molar-refractivity contribution in [1.29, 1.82) is 0 Å². The second-order valence-corrected chi connectivity index (χ2v) is 8.22. The summed E-state index contributed by atoms with van der Waals surface area (Å²) < 4.78 is 55.9. The third kappa shape index (κ3) is 3.55. The highest BCUT2D eigenvalue weighted by atomic mass is 32.2. The maximum atomic E-state index is 14.4. The quantitative estimate of drug-likeness (QED) is 0.538. The largest absolute Gasteiger partial charge is 0.277 e. The monoisotopic (exact) mass is 427 g/mol. The molecule has 0 atom stereocenters. The number of nitrogens with zero attached hydrogens (tertiary/aromatic N) is 2. The van der Waals surface area contributed by atoms with Crippen LogP contribution in [0.2, 0.25) is 0 Å². The summed E-state index contributed by atoms with van der Waals surface area (Å²) in [5.41, 5.74) is 0.0536. The van der Waals surface area contributed by atoms with Crippen LogP contribution in [0.5, 0.6) is 0 Å². The molecule has 9 heteroatoms. The molecule has 0 unspecified atom stereocenters. The Kier molecular flexibility index (Phi) is 4.83. The first-order valence-corrected chi connectivity index (χ1v) is 10.3. The molecule has 1 N–H and O–H groups in total. The van der Waals surface area contributed by atoms with E-state index in [0.29, 0.717) is 16.7 Å². The Balaban J connectivity index is 1.81. The van der Waals surface area contributed by atoms with Gasteiger partial charge in [-0.05, 0) is 61.5 Å². The Bertz CT molecular complexity index is 1430. The number of hydrogen-bond donors (Lipinski definition) is 1. The molecule has 30 heavy (non-hydrogen) atoms. The number of hydrogen-bond acceptors (Lipinski definition) is 4. The lowest BCUT2D eigenvalue weighted by molar-refractivity contribution is 0.597. The van der Waals surface area contributed by atoms with Crippen molar-refractivity contribution in [3.05, 3.63) is 94.5 Å². The summed E-state index contributed by atoms with van der Waals surface area (Å²) in [4.78, 5) is 17.1. The van der Waals surface area contributed by atoms with E-state index in [-0.39, 0.29) is 21.8 Å². The molecular formula is C21H15F2N3O3S. The molecule has 152 valence electrons. The van der Waals surface area contributed by atoms with E-state index in [1.165, 1.54) is 16.7 Å². The molecule has 0 amide bonds. The number of halogens is 2. The predicted molar refractivity (Wildman–Crippen MR) is 109 cm³/mol. The van der Waals surface area contributed by atoms with Gasteiger partial charge in [-0.2, -0.15) is 0 Å². The molecule has 1 aromatic heterocycles. The molecule has 4 rings (SSSR count). The second-order valence-electron chi connectivity index (χ2n) is 6.54. The van der Waals surface area contributed by atoms with E-state index in [1.807, 2.05) is 0 Å². The molecule has 6 nitrogen and oxygen atoms in total. The molecule has 0 radical (unpaired) electrons. The maximum absolute atomic E-state index is 14.4. The molecule has 3 aromatic carbocycles. The lowest BCUT2D eigenvalue weighted by atomic mass is 10.2. The fourth-order valence-electron chi connectivity index (χ4n) is 3.10. The first kappa shape index (κ1) is 19.7. The molecule has 0 aliphatic carbocycles. The normalized spacial score (nSPS) is 11.6. The lowest BCUT2D eigenvalue weighted by Gasteiger charge is -2.14. The number of aryl methyl sites for hydroxylation is 1. The van der Waals surface area contributed by atoms with Crippen molar-refractivity contribution in [1.82, 2.24) is 9.55 Å². The number of anilines is 1. The molecular weight excluding hydrogens is 412 g/mol. The van der Waals surface area contributed by atoms with Crippen LogP contribution >= 0.6 is 0 Å². The van der Waals surface area contributed by atoms with Crippen LogP contribution in [-0.2, 0) is 10.0 Å². The van der Waals surface area contributed by atoms with Gasteiger partial charge < -0.3 is 0 Å². The van der Waals surface area contributed by atoms with Gasteiger partial charge >= 0.3 is 0 Å². The minimum absolute atomic E-state index is 0.227. The summed E-state index contributed by atoms with van der Waals surface area (Å²) in [5.74, 6) is -1.07. The van der Waals surface area contributed by atoms with Gasteiger partial charge in [-0.3, -0.25) is 14.1 Å². The molecule has 0 bridgehead atoms. The van der Waals surface area contributed by atoms with Crippen LogP contribution in [0.15, 0.2) is 76.4 Å². The Labute approximate surface area is 170 Å². The van der Waals surface area contributed by atoms with Crippen molar-refractivity contribution in [3.63, 3.8) is 0 Å². The zero-order valence-electron chi connectivity index (χ0n) is 15.6. The number of benzene rings is 3. The van der Waals surface area contributed by atoms with E-state index in [4.69, 9.17) is 0 Å². The van der Waals surface area contributed by atoms with Crippen LogP contribution < -0.4 is 10.3 Å². The van der Waals surface area contributed by atoms with E-state index >= 15 is 0 Å². The van der Waals surface area contributed by atoms with Gasteiger partial charge in [0, 0.05) is 0 Å². The highest BCUT2D eigenvalue weighted by molar-refractivity contribution is 7.92. The average molecular weight is 427 g/mol. The Morgan fingerprint density at radius 2 is 1.67 bits per heavy atom. The summed E-state index contributed by atoms with van der Waals surface area (Å²) >= 11 is 0. The maximum Gasteiger partial charge on any atom is 0.265 e. The van der Waals surface area contributed by atoms with E-state index in [1.54, 1.807) is 31.2 Å². The second kappa shape index (κ2) is 7.34. The topological polar surface area (TPSA) is 81.1 Å². The number of aromatic nitrogens is 2. The summed E-state index contributed by atoms with van der Waals surface area (Å²) in [5, 5.41) is 0.376. The van der Waals surface area contributed by atoms with Crippen LogP contribution in [0.25, 0.3) is 16.6 Å². The molecule has 1 heterocycles. The molecule has 4 aromatic rings. The zero-order chi connectivity index (χ0) is 21.5. The van der Waals surface area contributed by atoms with Crippen LogP contribution in [0.1, 0.15) is 5.82 Å². The van der Waals surface area contributed by atoms with Gasteiger partial charge in [-0.25, -0.2) is 22.2 Å². The van der Waals surface area contributed by atoms with Crippen molar-refractivity contribution >= 4 is 26.6 Å². The Hall–Kier alpha value is -3.59. The van der Waals surface area contributed by atoms with Gasteiger partial charge in [0.2, 0.25) is 0 Å². The smallest absolute Gasteiger partial charge is 0.265 e. The minimum atomic E-state index is -4.17. The van der Waals surface area contributed by atoms with Crippen molar-refractivity contribution < 1.29 is 17.2 Å². The molecule has 0 aliphatic heterocycles.